The number of rotatable bonds is 5. The van der Waals surface area contributed by atoms with E-state index in [9.17, 15) is 0 Å². The summed E-state index contributed by atoms with van der Waals surface area (Å²) in [7, 11) is 1.59. The number of hydrogen-bond donors (Lipinski definition) is 2. The number of H-pyrrole nitrogens is 1. The van der Waals surface area contributed by atoms with Gasteiger partial charge in [0.25, 0.3) is 0 Å². The molecule has 0 fully saturated rings. The Morgan fingerprint density at radius 2 is 2.35 bits per heavy atom. The van der Waals surface area contributed by atoms with Crippen molar-refractivity contribution in [2.24, 2.45) is 0 Å². The molecule has 0 amide bonds. The summed E-state index contributed by atoms with van der Waals surface area (Å²) in [5.74, 6) is 1.22. The van der Waals surface area contributed by atoms with Crippen LogP contribution < -0.4 is 5.32 Å². The van der Waals surface area contributed by atoms with Crippen molar-refractivity contribution in [3.05, 3.63) is 35.0 Å². The molecule has 2 rings (SSSR count). The number of aromatic amines is 1. The fraction of sp³-hybridized carbons (Fsp3) is 0.300. The van der Waals surface area contributed by atoms with Gasteiger partial charge in [-0.2, -0.15) is 5.10 Å². The number of anilines is 1. The topological polar surface area (TPSA) is 75.7 Å². The van der Waals surface area contributed by atoms with Crippen molar-refractivity contribution in [1.29, 1.82) is 0 Å². The first kappa shape index (κ1) is 11.8. The molecule has 0 aliphatic carbocycles. The lowest BCUT2D eigenvalue weighted by molar-refractivity contribution is 0.178. The Kier molecular flexibility index (Phi) is 3.89. The zero-order valence-corrected chi connectivity index (χ0v) is 10.0. The molecule has 0 spiro atoms. The number of nitrogens with zero attached hydrogens (tertiary/aromatic N) is 3. The molecule has 0 saturated carbocycles. The van der Waals surface area contributed by atoms with Crippen molar-refractivity contribution in [2.75, 3.05) is 12.4 Å². The molecule has 2 aromatic rings. The molecule has 2 aromatic heterocycles. The van der Waals surface area contributed by atoms with Gasteiger partial charge in [0.1, 0.15) is 17.6 Å². The quantitative estimate of drug-likeness (QED) is 0.792. The van der Waals surface area contributed by atoms with Crippen LogP contribution >= 0.6 is 11.6 Å². The molecule has 0 radical (unpaired) electrons. The van der Waals surface area contributed by atoms with E-state index in [0.29, 0.717) is 29.9 Å². The lowest BCUT2D eigenvalue weighted by Crippen LogP contribution is -2.04. The van der Waals surface area contributed by atoms with Gasteiger partial charge in [-0.25, -0.2) is 9.97 Å². The van der Waals surface area contributed by atoms with Gasteiger partial charge >= 0.3 is 0 Å². The molecular weight excluding hydrogens is 242 g/mol. The Morgan fingerprint density at radius 1 is 1.47 bits per heavy atom. The van der Waals surface area contributed by atoms with E-state index >= 15 is 0 Å². The second kappa shape index (κ2) is 5.60. The maximum absolute atomic E-state index is 5.88. The standard InChI is InChI=1S/C10H12ClN5O/c1-17-6-10-15-8(11)2-9(16-10)12-3-7-4-13-14-5-7/h2,4-5H,3,6H2,1H3,(H,13,14)(H,12,15,16). The normalized spacial score (nSPS) is 10.5. The van der Waals surface area contributed by atoms with Crippen molar-refractivity contribution in [2.45, 2.75) is 13.2 Å². The van der Waals surface area contributed by atoms with Crippen LogP contribution in [-0.4, -0.2) is 27.3 Å². The van der Waals surface area contributed by atoms with Crippen molar-refractivity contribution < 1.29 is 4.74 Å². The molecule has 2 N–H and O–H groups in total. The fourth-order valence-electron chi connectivity index (χ4n) is 1.32. The molecule has 17 heavy (non-hydrogen) atoms. The minimum atomic E-state index is 0.334. The molecule has 6 nitrogen and oxygen atoms in total. The smallest absolute Gasteiger partial charge is 0.158 e. The highest BCUT2D eigenvalue weighted by molar-refractivity contribution is 6.29. The Labute approximate surface area is 103 Å². The molecule has 0 aromatic carbocycles. The van der Waals surface area contributed by atoms with E-state index in [1.807, 2.05) is 6.20 Å². The van der Waals surface area contributed by atoms with E-state index < -0.39 is 0 Å². The zero-order chi connectivity index (χ0) is 12.1. The van der Waals surface area contributed by atoms with Gasteiger partial charge in [0.05, 0.1) is 6.20 Å². The summed E-state index contributed by atoms with van der Waals surface area (Å²) in [5, 5.41) is 10.1. The molecule has 0 aliphatic rings. The highest BCUT2D eigenvalue weighted by Gasteiger charge is 2.03. The van der Waals surface area contributed by atoms with Crippen molar-refractivity contribution in [1.82, 2.24) is 20.2 Å². The van der Waals surface area contributed by atoms with Crippen LogP contribution in [0.5, 0.6) is 0 Å². The van der Waals surface area contributed by atoms with Crippen LogP contribution in [-0.2, 0) is 17.9 Å². The molecule has 2 heterocycles. The van der Waals surface area contributed by atoms with Crippen LogP contribution in [0, 0.1) is 0 Å². The van der Waals surface area contributed by atoms with Gasteiger partial charge in [0.2, 0.25) is 0 Å². The van der Waals surface area contributed by atoms with E-state index in [1.54, 1.807) is 19.4 Å². The van der Waals surface area contributed by atoms with Crippen molar-refractivity contribution >= 4 is 17.4 Å². The van der Waals surface area contributed by atoms with Gasteiger partial charge < -0.3 is 10.1 Å². The molecule has 90 valence electrons. The fourth-order valence-corrected chi connectivity index (χ4v) is 1.52. The predicted octanol–water partition coefficient (Wildman–Crippen LogP) is 1.61. The van der Waals surface area contributed by atoms with E-state index in [-0.39, 0.29) is 0 Å². The first-order valence-corrected chi connectivity index (χ1v) is 5.39. The third-order valence-electron chi connectivity index (χ3n) is 2.04. The number of hydrogen-bond acceptors (Lipinski definition) is 5. The zero-order valence-electron chi connectivity index (χ0n) is 9.27. The second-order valence-corrected chi connectivity index (χ2v) is 3.77. The number of ether oxygens (including phenoxy) is 1. The van der Waals surface area contributed by atoms with Crippen LogP contribution in [0.4, 0.5) is 5.82 Å². The van der Waals surface area contributed by atoms with Gasteiger partial charge in [0.15, 0.2) is 5.82 Å². The van der Waals surface area contributed by atoms with E-state index in [0.717, 1.165) is 5.56 Å². The largest absolute Gasteiger partial charge is 0.377 e. The van der Waals surface area contributed by atoms with Crippen LogP contribution in [0.3, 0.4) is 0 Å². The number of aromatic nitrogens is 4. The predicted molar refractivity (Wildman–Crippen MR) is 63.7 cm³/mol. The Hall–Kier alpha value is -1.66. The summed E-state index contributed by atoms with van der Waals surface area (Å²) in [4.78, 5) is 8.30. The molecule has 0 bridgehead atoms. The summed E-state index contributed by atoms with van der Waals surface area (Å²) in [6, 6.07) is 1.67. The summed E-state index contributed by atoms with van der Waals surface area (Å²) >= 11 is 5.88. The third kappa shape index (κ3) is 3.40. The summed E-state index contributed by atoms with van der Waals surface area (Å²) in [6.07, 6.45) is 3.55. The lowest BCUT2D eigenvalue weighted by atomic mass is 10.3. The number of nitrogens with one attached hydrogen (secondary N) is 2. The van der Waals surface area contributed by atoms with Gasteiger partial charge in [-0.15, -0.1) is 0 Å². The van der Waals surface area contributed by atoms with Crippen molar-refractivity contribution in [3.8, 4) is 0 Å². The molecule has 0 unspecified atom stereocenters. The molecule has 7 heteroatoms. The minimum Gasteiger partial charge on any atom is -0.377 e. The minimum absolute atomic E-state index is 0.334. The van der Waals surface area contributed by atoms with Crippen LogP contribution in [0.2, 0.25) is 5.15 Å². The SMILES string of the molecule is COCc1nc(Cl)cc(NCc2cn[nH]c2)n1. The lowest BCUT2D eigenvalue weighted by Gasteiger charge is -2.06. The first-order valence-electron chi connectivity index (χ1n) is 5.02. The summed E-state index contributed by atoms with van der Waals surface area (Å²) in [5.41, 5.74) is 1.04. The molecule has 0 atom stereocenters. The van der Waals surface area contributed by atoms with E-state index in [2.05, 4.69) is 25.5 Å². The van der Waals surface area contributed by atoms with E-state index in [4.69, 9.17) is 16.3 Å². The molecular formula is C10H12ClN5O. The molecule has 0 saturated heterocycles. The van der Waals surface area contributed by atoms with Crippen LogP contribution in [0.15, 0.2) is 18.5 Å². The van der Waals surface area contributed by atoms with Gasteiger partial charge in [-0.1, -0.05) is 11.6 Å². The van der Waals surface area contributed by atoms with E-state index in [1.165, 1.54) is 0 Å². The van der Waals surface area contributed by atoms with Gasteiger partial charge in [-0.05, 0) is 0 Å². The average Bonchev–Trinajstić information content (AvgIpc) is 2.79. The molecule has 0 aliphatic heterocycles. The van der Waals surface area contributed by atoms with Crippen LogP contribution in [0.25, 0.3) is 0 Å². The van der Waals surface area contributed by atoms with Gasteiger partial charge in [0, 0.05) is 31.5 Å². The maximum atomic E-state index is 5.88. The second-order valence-electron chi connectivity index (χ2n) is 3.39. The average molecular weight is 254 g/mol. The Morgan fingerprint density at radius 3 is 3.06 bits per heavy atom. The highest BCUT2D eigenvalue weighted by atomic mass is 35.5. The Bertz CT molecular complexity index is 474. The van der Waals surface area contributed by atoms with Crippen LogP contribution in [0.1, 0.15) is 11.4 Å². The first-order chi connectivity index (χ1) is 8.28. The summed E-state index contributed by atoms with van der Waals surface area (Å²) in [6.45, 7) is 0.956. The van der Waals surface area contributed by atoms with Crippen molar-refractivity contribution in [3.63, 3.8) is 0 Å². The summed E-state index contributed by atoms with van der Waals surface area (Å²) < 4.78 is 4.96. The van der Waals surface area contributed by atoms with Gasteiger partial charge in [-0.3, -0.25) is 5.10 Å². The number of halogens is 1. The maximum Gasteiger partial charge on any atom is 0.158 e. The number of methoxy groups -OCH3 is 1. The monoisotopic (exact) mass is 253 g/mol. The third-order valence-corrected chi connectivity index (χ3v) is 2.24. The highest BCUT2D eigenvalue weighted by Crippen LogP contribution is 2.12. The Balaban J connectivity index is 2.04.